The lowest BCUT2D eigenvalue weighted by molar-refractivity contribution is -0.121. The van der Waals surface area contributed by atoms with Crippen LogP contribution < -0.4 is 19.7 Å². The molecule has 0 spiro atoms. The molecule has 3 rings (SSSR count). The van der Waals surface area contributed by atoms with Gasteiger partial charge in [-0.2, -0.15) is 0 Å². The van der Waals surface area contributed by atoms with Gasteiger partial charge in [-0.15, -0.1) is 0 Å². The van der Waals surface area contributed by atoms with Crippen LogP contribution in [0.1, 0.15) is 10.4 Å². The van der Waals surface area contributed by atoms with E-state index in [4.69, 9.17) is 9.47 Å². The van der Waals surface area contributed by atoms with E-state index in [1.165, 1.54) is 4.90 Å². The van der Waals surface area contributed by atoms with Crippen molar-refractivity contribution in [2.75, 3.05) is 31.0 Å². The summed E-state index contributed by atoms with van der Waals surface area (Å²) in [6, 6.07) is 12.2. The maximum Gasteiger partial charge on any atom is 0.264 e. The second-order valence-electron chi connectivity index (χ2n) is 5.08. The second kappa shape index (κ2) is 6.00. The molecule has 0 fully saturated rings. The van der Waals surface area contributed by atoms with Gasteiger partial charge >= 0.3 is 0 Å². The molecule has 0 unspecified atom stereocenters. The first-order valence-electron chi connectivity index (χ1n) is 7.08. The highest BCUT2D eigenvalue weighted by Crippen LogP contribution is 2.34. The van der Waals surface area contributed by atoms with Gasteiger partial charge < -0.3 is 19.7 Å². The maximum absolute atomic E-state index is 12.5. The number of fused-ring (bicyclic) bond motifs is 1. The summed E-state index contributed by atoms with van der Waals surface area (Å²) in [5.74, 6) is 0.684. The summed E-state index contributed by atoms with van der Waals surface area (Å²) >= 11 is 0. The minimum absolute atomic E-state index is 0.0731. The molecule has 2 aromatic carbocycles. The molecule has 1 aliphatic rings. The van der Waals surface area contributed by atoms with Crippen molar-refractivity contribution >= 4 is 23.2 Å². The molecule has 0 saturated heterocycles. The average Bonchev–Trinajstić information content (AvgIpc) is 2.58. The van der Waals surface area contributed by atoms with Crippen LogP contribution in [0.5, 0.6) is 11.5 Å². The lowest BCUT2D eigenvalue weighted by Crippen LogP contribution is -2.36. The summed E-state index contributed by atoms with van der Waals surface area (Å²) in [5, 5.41) is 2.81. The number of hydrogen-bond acceptors (Lipinski definition) is 4. The minimum atomic E-state index is -0.297. The molecule has 1 N–H and O–H groups in total. The third kappa shape index (κ3) is 2.83. The highest BCUT2D eigenvalue weighted by Gasteiger charge is 2.26. The van der Waals surface area contributed by atoms with Gasteiger partial charge in [0.15, 0.2) is 12.4 Å². The maximum atomic E-state index is 12.5. The predicted octanol–water partition coefficient (Wildman–Crippen LogP) is 2.30. The third-order valence-electron chi connectivity index (χ3n) is 3.66. The van der Waals surface area contributed by atoms with Crippen LogP contribution in [0.2, 0.25) is 0 Å². The van der Waals surface area contributed by atoms with Gasteiger partial charge in [0.05, 0.1) is 18.4 Å². The zero-order valence-electron chi connectivity index (χ0n) is 12.8. The highest BCUT2D eigenvalue weighted by atomic mass is 16.5. The molecule has 1 aliphatic heterocycles. The Bertz CT molecular complexity index is 756. The smallest absolute Gasteiger partial charge is 0.264 e. The average molecular weight is 312 g/mol. The summed E-state index contributed by atoms with van der Waals surface area (Å²) in [6.07, 6.45) is 0. The van der Waals surface area contributed by atoms with Crippen molar-refractivity contribution in [1.82, 2.24) is 0 Å². The van der Waals surface area contributed by atoms with Crippen LogP contribution in [0.4, 0.5) is 11.4 Å². The van der Waals surface area contributed by atoms with Gasteiger partial charge in [-0.3, -0.25) is 9.59 Å². The Morgan fingerprint density at radius 1 is 1.22 bits per heavy atom. The Balaban J connectivity index is 1.86. The van der Waals surface area contributed by atoms with Crippen molar-refractivity contribution in [3.8, 4) is 11.5 Å². The summed E-state index contributed by atoms with van der Waals surface area (Å²) in [6.45, 7) is -0.0731. The molecule has 118 valence electrons. The molecule has 0 atom stereocenters. The molecule has 2 aromatic rings. The van der Waals surface area contributed by atoms with E-state index in [0.717, 1.165) is 0 Å². The van der Waals surface area contributed by atoms with Crippen LogP contribution in [0.15, 0.2) is 42.5 Å². The molecule has 0 radical (unpaired) electrons. The van der Waals surface area contributed by atoms with Gasteiger partial charge in [0, 0.05) is 12.7 Å². The number of methoxy groups -OCH3 is 1. The number of nitrogens with one attached hydrogen (secondary N) is 1. The summed E-state index contributed by atoms with van der Waals surface area (Å²) in [7, 11) is 3.24. The Kier molecular flexibility index (Phi) is 3.89. The molecule has 6 heteroatoms. The van der Waals surface area contributed by atoms with Crippen molar-refractivity contribution in [1.29, 1.82) is 0 Å². The molecule has 0 aromatic heterocycles. The van der Waals surface area contributed by atoms with Gasteiger partial charge in [0.25, 0.3) is 11.8 Å². The number of carbonyl (C=O) groups is 2. The number of ether oxygens (including phenoxy) is 2. The molecule has 0 bridgehead atoms. The number of para-hydroxylation sites is 1. The van der Waals surface area contributed by atoms with Gasteiger partial charge in [0.1, 0.15) is 5.75 Å². The van der Waals surface area contributed by atoms with E-state index in [0.29, 0.717) is 28.4 Å². The number of likely N-dealkylation sites (N-methyl/N-ethyl adjacent to an activating group) is 1. The first-order chi connectivity index (χ1) is 11.1. The van der Waals surface area contributed by atoms with E-state index in [-0.39, 0.29) is 18.4 Å². The lowest BCUT2D eigenvalue weighted by atomic mass is 10.1. The molecule has 1 heterocycles. The normalized spacial score (nSPS) is 13.1. The largest absolute Gasteiger partial charge is 0.497 e. The number of rotatable bonds is 3. The lowest BCUT2D eigenvalue weighted by Gasteiger charge is -2.27. The number of hydrogen-bond donors (Lipinski definition) is 1. The molecular formula is C17H16N2O4. The number of amides is 2. The molecule has 0 aliphatic carbocycles. The van der Waals surface area contributed by atoms with Crippen molar-refractivity contribution in [2.24, 2.45) is 0 Å². The van der Waals surface area contributed by atoms with Crippen LogP contribution >= 0.6 is 0 Å². The fourth-order valence-electron chi connectivity index (χ4n) is 2.36. The zero-order valence-corrected chi connectivity index (χ0v) is 12.8. The summed E-state index contributed by atoms with van der Waals surface area (Å²) in [4.78, 5) is 25.7. The van der Waals surface area contributed by atoms with Crippen LogP contribution in [0.3, 0.4) is 0 Å². The topological polar surface area (TPSA) is 67.9 Å². The first-order valence-corrected chi connectivity index (χ1v) is 7.08. The Morgan fingerprint density at radius 3 is 2.65 bits per heavy atom. The van der Waals surface area contributed by atoms with E-state index in [1.54, 1.807) is 56.6 Å². The molecule has 2 amide bonds. The molecular weight excluding hydrogens is 296 g/mol. The van der Waals surface area contributed by atoms with Crippen LogP contribution in [0, 0.1) is 0 Å². The molecule has 6 nitrogen and oxygen atoms in total. The Hall–Kier alpha value is -3.02. The number of anilines is 2. The van der Waals surface area contributed by atoms with Crippen molar-refractivity contribution in [3.63, 3.8) is 0 Å². The van der Waals surface area contributed by atoms with Gasteiger partial charge in [-0.05, 0) is 36.4 Å². The van der Waals surface area contributed by atoms with Crippen LogP contribution in [-0.2, 0) is 4.79 Å². The predicted molar refractivity (Wildman–Crippen MR) is 86.3 cm³/mol. The monoisotopic (exact) mass is 312 g/mol. The number of benzene rings is 2. The first kappa shape index (κ1) is 14.9. The van der Waals surface area contributed by atoms with E-state index in [2.05, 4.69) is 5.32 Å². The SMILES string of the molecule is COc1ccc(NC(=O)c2cccc3c2OCC(=O)N3C)cc1. The molecule has 23 heavy (non-hydrogen) atoms. The quantitative estimate of drug-likeness (QED) is 0.944. The highest BCUT2D eigenvalue weighted by molar-refractivity contribution is 6.09. The third-order valence-corrected chi connectivity index (χ3v) is 3.66. The minimum Gasteiger partial charge on any atom is -0.497 e. The second-order valence-corrected chi connectivity index (χ2v) is 5.08. The van der Waals surface area contributed by atoms with E-state index < -0.39 is 0 Å². The van der Waals surface area contributed by atoms with E-state index >= 15 is 0 Å². The van der Waals surface area contributed by atoms with Gasteiger partial charge in [-0.25, -0.2) is 0 Å². The van der Waals surface area contributed by atoms with Crippen molar-refractivity contribution in [2.45, 2.75) is 0 Å². The zero-order chi connectivity index (χ0) is 16.4. The summed E-state index contributed by atoms with van der Waals surface area (Å²) < 4.78 is 10.5. The standard InChI is InChI=1S/C17H16N2O4/c1-19-14-5-3-4-13(16(14)23-10-15(19)20)17(21)18-11-6-8-12(22-2)9-7-11/h3-9H,10H2,1-2H3,(H,18,21). The fraction of sp³-hybridized carbons (Fsp3) is 0.176. The number of nitrogens with zero attached hydrogens (tertiary/aromatic N) is 1. The van der Waals surface area contributed by atoms with Crippen LogP contribution in [0.25, 0.3) is 0 Å². The number of carbonyl (C=O) groups excluding carboxylic acids is 2. The van der Waals surface area contributed by atoms with Gasteiger partial charge in [-0.1, -0.05) is 6.07 Å². The van der Waals surface area contributed by atoms with Crippen molar-refractivity contribution in [3.05, 3.63) is 48.0 Å². The van der Waals surface area contributed by atoms with Crippen molar-refractivity contribution < 1.29 is 19.1 Å². The van der Waals surface area contributed by atoms with Crippen LogP contribution in [-0.4, -0.2) is 32.6 Å². The fourth-order valence-corrected chi connectivity index (χ4v) is 2.36. The Labute approximate surface area is 133 Å². The van der Waals surface area contributed by atoms with Gasteiger partial charge in [0.2, 0.25) is 0 Å². The summed E-state index contributed by atoms with van der Waals surface area (Å²) in [5.41, 5.74) is 1.62. The molecule has 0 saturated carbocycles. The van der Waals surface area contributed by atoms with E-state index in [1.807, 2.05) is 0 Å². The van der Waals surface area contributed by atoms with E-state index in [9.17, 15) is 9.59 Å². The Morgan fingerprint density at radius 2 is 1.96 bits per heavy atom.